The minimum absolute atomic E-state index is 0.131. The minimum atomic E-state index is 0.131. The number of anilines is 1. The standard InChI is InChI=1S/C14H16BrN3O/c1-17(10-14(19)18-6-2-3-7-18)13-5-4-12(15)8-11(13)9-16/h4-5,8H,2-3,6-7,10H2,1H3. The van der Waals surface area contributed by atoms with E-state index in [0.717, 1.165) is 36.1 Å². The maximum atomic E-state index is 12.1. The van der Waals surface area contributed by atoms with Crippen molar-refractivity contribution in [2.45, 2.75) is 12.8 Å². The molecular formula is C14H16BrN3O. The summed E-state index contributed by atoms with van der Waals surface area (Å²) in [6, 6.07) is 7.68. The maximum absolute atomic E-state index is 12.1. The second-order valence-electron chi connectivity index (χ2n) is 4.72. The van der Waals surface area contributed by atoms with Gasteiger partial charge in [0, 0.05) is 24.6 Å². The summed E-state index contributed by atoms with van der Waals surface area (Å²) in [6.07, 6.45) is 2.19. The van der Waals surface area contributed by atoms with E-state index < -0.39 is 0 Å². The van der Waals surface area contributed by atoms with Crippen LogP contribution in [-0.2, 0) is 4.79 Å². The van der Waals surface area contributed by atoms with E-state index in [4.69, 9.17) is 5.26 Å². The highest BCUT2D eigenvalue weighted by molar-refractivity contribution is 9.10. The third-order valence-corrected chi connectivity index (χ3v) is 3.81. The largest absolute Gasteiger partial charge is 0.364 e. The molecule has 100 valence electrons. The summed E-state index contributed by atoms with van der Waals surface area (Å²) in [4.78, 5) is 15.8. The van der Waals surface area contributed by atoms with E-state index in [-0.39, 0.29) is 5.91 Å². The number of carbonyl (C=O) groups is 1. The highest BCUT2D eigenvalue weighted by Crippen LogP contribution is 2.23. The Kier molecular flexibility index (Phi) is 4.43. The summed E-state index contributed by atoms with van der Waals surface area (Å²) in [7, 11) is 1.85. The van der Waals surface area contributed by atoms with Crippen molar-refractivity contribution in [3.05, 3.63) is 28.2 Å². The number of likely N-dealkylation sites (N-methyl/N-ethyl adjacent to an activating group) is 1. The van der Waals surface area contributed by atoms with Gasteiger partial charge in [0.1, 0.15) is 6.07 Å². The molecule has 0 aliphatic carbocycles. The molecule has 1 saturated heterocycles. The quantitative estimate of drug-likeness (QED) is 0.858. The Morgan fingerprint density at radius 2 is 2.16 bits per heavy atom. The molecule has 0 spiro atoms. The topological polar surface area (TPSA) is 47.3 Å². The second-order valence-corrected chi connectivity index (χ2v) is 5.63. The molecule has 1 aromatic carbocycles. The van der Waals surface area contributed by atoms with Crippen LogP contribution in [0.1, 0.15) is 18.4 Å². The van der Waals surface area contributed by atoms with Crippen LogP contribution in [0.25, 0.3) is 0 Å². The van der Waals surface area contributed by atoms with E-state index in [1.54, 1.807) is 6.07 Å². The number of hydrogen-bond acceptors (Lipinski definition) is 3. The fraction of sp³-hybridized carbons (Fsp3) is 0.429. The highest BCUT2D eigenvalue weighted by Gasteiger charge is 2.20. The lowest BCUT2D eigenvalue weighted by molar-refractivity contribution is -0.128. The van der Waals surface area contributed by atoms with Gasteiger partial charge in [-0.1, -0.05) is 15.9 Å². The lowest BCUT2D eigenvalue weighted by Crippen LogP contribution is -2.37. The first kappa shape index (κ1) is 13.9. The Morgan fingerprint density at radius 3 is 2.79 bits per heavy atom. The zero-order chi connectivity index (χ0) is 13.8. The minimum Gasteiger partial charge on any atom is -0.364 e. The molecule has 2 rings (SSSR count). The van der Waals surface area contributed by atoms with Gasteiger partial charge in [0.2, 0.25) is 5.91 Å². The molecular weight excluding hydrogens is 306 g/mol. The Labute approximate surface area is 121 Å². The first-order valence-corrected chi connectivity index (χ1v) is 7.09. The van der Waals surface area contributed by atoms with Crippen LogP contribution in [0.3, 0.4) is 0 Å². The van der Waals surface area contributed by atoms with E-state index >= 15 is 0 Å². The average molecular weight is 322 g/mol. The van der Waals surface area contributed by atoms with Gasteiger partial charge in [-0.3, -0.25) is 4.79 Å². The van der Waals surface area contributed by atoms with Crippen LogP contribution in [-0.4, -0.2) is 37.5 Å². The molecule has 1 fully saturated rings. The van der Waals surface area contributed by atoms with Crippen LogP contribution >= 0.6 is 15.9 Å². The average Bonchev–Trinajstić information content (AvgIpc) is 2.92. The molecule has 1 heterocycles. The first-order valence-electron chi connectivity index (χ1n) is 6.30. The number of likely N-dealkylation sites (tertiary alicyclic amines) is 1. The monoisotopic (exact) mass is 321 g/mol. The Hall–Kier alpha value is -1.54. The van der Waals surface area contributed by atoms with Crippen LogP contribution < -0.4 is 4.90 Å². The molecule has 1 amide bonds. The molecule has 1 aliphatic rings. The third-order valence-electron chi connectivity index (χ3n) is 3.32. The van der Waals surface area contributed by atoms with Crippen molar-refractivity contribution in [2.24, 2.45) is 0 Å². The van der Waals surface area contributed by atoms with Crippen molar-refractivity contribution in [1.82, 2.24) is 4.90 Å². The first-order chi connectivity index (χ1) is 9.11. The molecule has 4 nitrogen and oxygen atoms in total. The van der Waals surface area contributed by atoms with Crippen molar-refractivity contribution >= 4 is 27.5 Å². The maximum Gasteiger partial charge on any atom is 0.242 e. The molecule has 0 unspecified atom stereocenters. The van der Waals surface area contributed by atoms with Crippen LogP contribution in [0.5, 0.6) is 0 Å². The fourth-order valence-corrected chi connectivity index (χ4v) is 2.65. The van der Waals surface area contributed by atoms with E-state index in [1.807, 2.05) is 29.0 Å². The molecule has 19 heavy (non-hydrogen) atoms. The lowest BCUT2D eigenvalue weighted by atomic mass is 10.2. The predicted octanol–water partition coefficient (Wildman–Crippen LogP) is 2.38. The van der Waals surface area contributed by atoms with Crippen LogP contribution in [0, 0.1) is 11.3 Å². The number of nitrogens with zero attached hydrogens (tertiary/aromatic N) is 3. The van der Waals surface area contributed by atoms with Crippen molar-refractivity contribution in [3.8, 4) is 6.07 Å². The fourth-order valence-electron chi connectivity index (χ4n) is 2.29. The van der Waals surface area contributed by atoms with Crippen LogP contribution in [0.15, 0.2) is 22.7 Å². The lowest BCUT2D eigenvalue weighted by Gasteiger charge is -2.23. The van der Waals surface area contributed by atoms with Crippen molar-refractivity contribution in [2.75, 3.05) is 31.6 Å². The molecule has 1 aliphatic heterocycles. The van der Waals surface area contributed by atoms with E-state index in [0.29, 0.717) is 12.1 Å². The van der Waals surface area contributed by atoms with E-state index in [2.05, 4.69) is 22.0 Å². The normalized spacial score (nSPS) is 14.3. The Balaban J connectivity index is 2.09. The number of nitriles is 1. The molecule has 0 N–H and O–H groups in total. The zero-order valence-electron chi connectivity index (χ0n) is 10.9. The van der Waals surface area contributed by atoms with Gasteiger partial charge in [-0.25, -0.2) is 0 Å². The van der Waals surface area contributed by atoms with Crippen molar-refractivity contribution in [3.63, 3.8) is 0 Å². The van der Waals surface area contributed by atoms with Crippen LogP contribution in [0.4, 0.5) is 5.69 Å². The third kappa shape index (κ3) is 3.27. The second kappa shape index (κ2) is 6.07. The SMILES string of the molecule is CN(CC(=O)N1CCCC1)c1ccc(Br)cc1C#N. The Bertz CT molecular complexity index is 518. The number of amides is 1. The van der Waals surface area contributed by atoms with Gasteiger partial charge in [0.05, 0.1) is 17.8 Å². The number of benzene rings is 1. The predicted molar refractivity (Wildman–Crippen MR) is 77.9 cm³/mol. The van der Waals surface area contributed by atoms with Gasteiger partial charge in [-0.15, -0.1) is 0 Å². The van der Waals surface area contributed by atoms with Gasteiger partial charge in [-0.05, 0) is 31.0 Å². The van der Waals surface area contributed by atoms with Crippen LogP contribution in [0.2, 0.25) is 0 Å². The number of halogens is 1. The van der Waals surface area contributed by atoms with Gasteiger partial charge in [0.15, 0.2) is 0 Å². The van der Waals surface area contributed by atoms with Crippen molar-refractivity contribution in [1.29, 1.82) is 5.26 Å². The molecule has 0 atom stereocenters. The van der Waals surface area contributed by atoms with Gasteiger partial charge in [0.25, 0.3) is 0 Å². The highest BCUT2D eigenvalue weighted by atomic mass is 79.9. The molecule has 0 saturated carbocycles. The summed E-state index contributed by atoms with van der Waals surface area (Å²) < 4.78 is 0.868. The molecule has 1 aromatic rings. The number of rotatable bonds is 3. The molecule has 5 heteroatoms. The number of hydrogen-bond donors (Lipinski definition) is 0. The Morgan fingerprint density at radius 1 is 1.47 bits per heavy atom. The smallest absolute Gasteiger partial charge is 0.242 e. The molecule has 0 bridgehead atoms. The summed E-state index contributed by atoms with van der Waals surface area (Å²) in [5.74, 6) is 0.131. The molecule has 0 aromatic heterocycles. The van der Waals surface area contributed by atoms with Gasteiger partial charge >= 0.3 is 0 Å². The molecule has 0 radical (unpaired) electrons. The van der Waals surface area contributed by atoms with Gasteiger partial charge < -0.3 is 9.80 Å². The summed E-state index contributed by atoms with van der Waals surface area (Å²) in [6.45, 7) is 2.03. The van der Waals surface area contributed by atoms with Crippen molar-refractivity contribution < 1.29 is 4.79 Å². The zero-order valence-corrected chi connectivity index (χ0v) is 12.5. The summed E-state index contributed by atoms with van der Waals surface area (Å²) in [5, 5.41) is 9.14. The van der Waals surface area contributed by atoms with E-state index in [1.165, 1.54) is 0 Å². The van der Waals surface area contributed by atoms with E-state index in [9.17, 15) is 4.79 Å². The number of carbonyl (C=O) groups excluding carboxylic acids is 1. The summed E-state index contributed by atoms with van der Waals surface area (Å²) >= 11 is 3.35. The van der Waals surface area contributed by atoms with Gasteiger partial charge in [-0.2, -0.15) is 5.26 Å². The summed E-state index contributed by atoms with van der Waals surface area (Å²) in [5.41, 5.74) is 1.37.